The van der Waals surface area contributed by atoms with Crippen LogP contribution in [0, 0.1) is 11.8 Å². The van der Waals surface area contributed by atoms with E-state index < -0.39 is 0 Å². The standard InChI is InChI=1S/C48H43N/c1-3-13-32(14-4-1)33-23-25-35(26-24-33)43-31-36-27-29-46-48(47(36)41-20-10-8-18-39(41)43)42-21-11-12-22-44(42)49(46)45-30-28-37(34-15-5-2-6-16-34)38-17-7-9-19-40(38)45/h1,3-5,8-9,11,13,15-16,18-19,21,23-32,37-38H,2,6-7,10,12,14,17,20,22H2. The topological polar surface area (TPSA) is 4.93 Å². The van der Waals surface area contributed by atoms with Crippen molar-refractivity contribution in [1.82, 2.24) is 4.57 Å². The van der Waals surface area contributed by atoms with Crippen LogP contribution in [0.25, 0.3) is 50.7 Å². The molecule has 0 fully saturated rings. The van der Waals surface area contributed by atoms with Crippen LogP contribution in [0.2, 0.25) is 0 Å². The molecule has 0 spiro atoms. The first-order valence-electron chi connectivity index (χ1n) is 18.7. The van der Waals surface area contributed by atoms with Gasteiger partial charge in [0.2, 0.25) is 0 Å². The van der Waals surface area contributed by atoms with E-state index in [0.717, 1.165) is 32.1 Å². The van der Waals surface area contributed by atoms with Crippen LogP contribution in [0.15, 0.2) is 133 Å². The molecule has 10 rings (SSSR count). The Hall–Kier alpha value is -4.88. The minimum absolute atomic E-state index is 0.473. The lowest BCUT2D eigenvalue weighted by Gasteiger charge is -2.35. The van der Waals surface area contributed by atoms with Crippen LogP contribution in [0.3, 0.4) is 0 Å². The molecular formula is C48H43N. The van der Waals surface area contributed by atoms with E-state index in [1.54, 1.807) is 0 Å². The van der Waals surface area contributed by atoms with Gasteiger partial charge in [-0.25, -0.2) is 0 Å². The molecule has 3 aromatic carbocycles. The summed E-state index contributed by atoms with van der Waals surface area (Å²) in [7, 11) is 0. The molecule has 1 heteroatoms. The molecule has 0 saturated carbocycles. The van der Waals surface area contributed by atoms with Gasteiger partial charge in [-0.05, 0) is 132 Å². The third-order valence-corrected chi connectivity index (χ3v) is 12.0. The first-order chi connectivity index (χ1) is 24.3. The van der Waals surface area contributed by atoms with Crippen molar-refractivity contribution >= 4 is 39.5 Å². The molecule has 0 aliphatic heterocycles. The van der Waals surface area contributed by atoms with E-state index in [1.807, 2.05) is 0 Å². The number of fused-ring (bicyclic) bond motifs is 8. The molecule has 6 aliphatic rings. The average Bonchev–Trinajstić information content (AvgIpc) is 3.52. The summed E-state index contributed by atoms with van der Waals surface area (Å²) in [5, 5.41) is 4.28. The Labute approximate surface area is 290 Å². The average molecular weight is 634 g/mol. The fourth-order valence-electron chi connectivity index (χ4n) is 9.70. The second-order valence-corrected chi connectivity index (χ2v) is 14.7. The quantitative estimate of drug-likeness (QED) is 0.211. The van der Waals surface area contributed by atoms with E-state index in [4.69, 9.17) is 0 Å². The summed E-state index contributed by atoms with van der Waals surface area (Å²) in [5.74, 6) is 1.48. The van der Waals surface area contributed by atoms with Crippen LogP contribution >= 0.6 is 0 Å². The van der Waals surface area contributed by atoms with Crippen molar-refractivity contribution in [3.63, 3.8) is 0 Å². The second-order valence-electron chi connectivity index (χ2n) is 14.7. The summed E-state index contributed by atoms with van der Waals surface area (Å²) >= 11 is 0. The van der Waals surface area contributed by atoms with Crippen LogP contribution in [-0.2, 0) is 12.8 Å². The lowest BCUT2D eigenvalue weighted by atomic mass is 9.71. The van der Waals surface area contributed by atoms with Gasteiger partial charge in [0.25, 0.3) is 0 Å². The van der Waals surface area contributed by atoms with Gasteiger partial charge in [0.15, 0.2) is 0 Å². The molecule has 3 atom stereocenters. The minimum atomic E-state index is 0.473. The Kier molecular flexibility index (Phi) is 7.07. The SMILES string of the molecule is C1=CCC(c2ccc(-c3cc4ccc5c(c6c(n5C5=C7C=CCCC7C(C7=CCCC=C7)C=C5)CCC=C6)c4c4c3C=CCC4)cc2)C=C1. The van der Waals surface area contributed by atoms with Gasteiger partial charge in [0.05, 0.1) is 5.52 Å². The normalized spacial score (nSPS) is 23.7. The van der Waals surface area contributed by atoms with Crippen LogP contribution in [0.5, 0.6) is 0 Å². The maximum absolute atomic E-state index is 2.68. The highest BCUT2D eigenvalue weighted by molar-refractivity contribution is 6.16. The van der Waals surface area contributed by atoms with Crippen molar-refractivity contribution in [3.8, 4) is 11.1 Å². The molecule has 1 heterocycles. The van der Waals surface area contributed by atoms with E-state index in [2.05, 4.69) is 138 Å². The first-order valence-corrected chi connectivity index (χ1v) is 18.7. The summed E-state index contributed by atoms with van der Waals surface area (Å²) < 4.78 is 2.68. The van der Waals surface area contributed by atoms with E-state index in [9.17, 15) is 0 Å². The number of rotatable bonds is 4. The fourth-order valence-corrected chi connectivity index (χ4v) is 9.70. The number of benzene rings is 3. The zero-order valence-electron chi connectivity index (χ0n) is 28.2. The van der Waals surface area contributed by atoms with E-state index in [0.29, 0.717) is 17.8 Å². The lowest BCUT2D eigenvalue weighted by Crippen LogP contribution is -2.24. The minimum Gasteiger partial charge on any atom is -0.313 e. The van der Waals surface area contributed by atoms with Gasteiger partial charge < -0.3 is 4.57 Å². The molecule has 0 N–H and O–H groups in total. The summed E-state index contributed by atoms with van der Waals surface area (Å²) in [5.41, 5.74) is 15.7. The molecule has 4 aromatic rings. The van der Waals surface area contributed by atoms with E-state index >= 15 is 0 Å². The predicted molar refractivity (Wildman–Crippen MR) is 209 cm³/mol. The first kappa shape index (κ1) is 29.1. The molecule has 3 unspecified atom stereocenters. The number of hydrogen-bond donors (Lipinski definition) is 0. The Morgan fingerprint density at radius 1 is 0.653 bits per heavy atom. The third kappa shape index (κ3) is 4.73. The molecule has 0 radical (unpaired) electrons. The Morgan fingerprint density at radius 3 is 2.37 bits per heavy atom. The van der Waals surface area contributed by atoms with Gasteiger partial charge in [-0.15, -0.1) is 0 Å². The van der Waals surface area contributed by atoms with Crippen LogP contribution in [0.1, 0.15) is 78.8 Å². The van der Waals surface area contributed by atoms with Crippen LogP contribution in [-0.4, -0.2) is 4.57 Å². The van der Waals surface area contributed by atoms with Crippen molar-refractivity contribution in [3.05, 3.63) is 161 Å². The van der Waals surface area contributed by atoms with Gasteiger partial charge in [0.1, 0.15) is 0 Å². The van der Waals surface area contributed by atoms with Gasteiger partial charge in [-0.2, -0.15) is 0 Å². The summed E-state index contributed by atoms with van der Waals surface area (Å²) in [6, 6.07) is 16.8. The van der Waals surface area contributed by atoms with Crippen molar-refractivity contribution in [2.75, 3.05) is 0 Å². The molecule has 0 bridgehead atoms. The number of hydrogen-bond acceptors (Lipinski definition) is 0. The Bertz CT molecular complexity index is 2300. The number of aromatic nitrogens is 1. The number of aryl methyl sites for hydroxylation is 1. The highest BCUT2D eigenvalue weighted by atomic mass is 15.0. The van der Waals surface area contributed by atoms with Gasteiger partial charge >= 0.3 is 0 Å². The van der Waals surface area contributed by atoms with Gasteiger partial charge in [-0.1, -0.05) is 115 Å². The smallest absolute Gasteiger partial charge is 0.0544 e. The van der Waals surface area contributed by atoms with Crippen molar-refractivity contribution in [2.24, 2.45) is 11.8 Å². The molecule has 0 saturated heterocycles. The second kappa shape index (κ2) is 11.9. The molecular weight excluding hydrogens is 591 g/mol. The fraction of sp³-hybridized carbons (Fsp3) is 0.250. The molecule has 1 nitrogen and oxygen atoms in total. The van der Waals surface area contributed by atoms with Crippen molar-refractivity contribution in [2.45, 2.75) is 63.7 Å². The largest absolute Gasteiger partial charge is 0.313 e. The van der Waals surface area contributed by atoms with Crippen molar-refractivity contribution in [1.29, 1.82) is 0 Å². The Morgan fingerprint density at radius 2 is 1.51 bits per heavy atom. The summed E-state index contributed by atoms with van der Waals surface area (Å²) in [6.45, 7) is 0. The summed E-state index contributed by atoms with van der Waals surface area (Å²) in [6.07, 6.45) is 45.9. The zero-order valence-corrected chi connectivity index (χ0v) is 28.2. The molecule has 1 aromatic heterocycles. The number of nitrogens with zero attached hydrogens (tertiary/aromatic N) is 1. The Balaban J connectivity index is 1.16. The molecule has 240 valence electrons. The molecule has 6 aliphatic carbocycles. The monoisotopic (exact) mass is 633 g/mol. The van der Waals surface area contributed by atoms with E-state index in [1.165, 1.54) is 103 Å². The zero-order chi connectivity index (χ0) is 32.3. The van der Waals surface area contributed by atoms with Crippen molar-refractivity contribution < 1.29 is 0 Å². The number of allylic oxidation sites excluding steroid dienone is 16. The van der Waals surface area contributed by atoms with E-state index in [-0.39, 0.29) is 0 Å². The summed E-state index contributed by atoms with van der Waals surface area (Å²) in [4.78, 5) is 0. The van der Waals surface area contributed by atoms with Gasteiger partial charge in [-0.3, -0.25) is 0 Å². The highest BCUT2D eigenvalue weighted by Gasteiger charge is 2.33. The molecule has 49 heavy (non-hydrogen) atoms. The maximum Gasteiger partial charge on any atom is 0.0544 e. The molecule has 0 amide bonds. The van der Waals surface area contributed by atoms with Crippen LogP contribution < -0.4 is 0 Å². The lowest BCUT2D eigenvalue weighted by molar-refractivity contribution is 0.471. The third-order valence-electron chi connectivity index (χ3n) is 12.0. The highest BCUT2D eigenvalue weighted by Crippen LogP contribution is 2.48. The van der Waals surface area contributed by atoms with Crippen LogP contribution in [0.4, 0.5) is 0 Å². The predicted octanol–water partition coefficient (Wildman–Crippen LogP) is 12.6. The maximum atomic E-state index is 2.68. The van der Waals surface area contributed by atoms with Gasteiger partial charge in [0, 0.05) is 34.2 Å².